The maximum Gasteiger partial charge on any atom is 0.0865 e. The minimum Gasteiger partial charge on any atom is -0.396 e. The molecule has 3 heteroatoms. The number of aliphatic hydroxyl groups excluding tert-OH is 3. The summed E-state index contributed by atoms with van der Waals surface area (Å²) in [6.07, 6.45) is -1.50. The van der Waals surface area contributed by atoms with E-state index in [2.05, 4.69) is 0 Å². The van der Waals surface area contributed by atoms with Gasteiger partial charge in [-0.3, -0.25) is 0 Å². The Bertz CT molecular complexity index is 273. The molecule has 0 aliphatic carbocycles. The second-order valence-corrected chi connectivity index (χ2v) is 3.77. The number of benzene rings is 1. The van der Waals surface area contributed by atoms with Gasteiger partial charge in [0.15, 0.2) is 0 Å². The fourth-order valence-electron chi connectivity index (χ4n) is 1.59. The number of hydrogen-bond acceptors (Lipinski definition) is 3. The van der Waals surface area contributed by atoms with E-state index in [9.17, 15) is 10.2 Å². The Morgan fingerprint density at radius 1 is 1.13 bits per heavy atom. The first-order valence-corrected chi connectivity index (χ1v) is 5.18. The zero-order valence-corrected chi connectivity index (χ0v) is 8.87. The van der Waals surface area contributed by atoms with Gasteiger partial charge in [-0.05, 0) is 12.0 Å². The molecule has 0 unspecified atom stereocenters. The molecule has 1 aromatic rings. The summed E-state index contributed by atoms with van der Waals surface area (Å²) in [7, 11) is 0. The smallest absolute Gasteiger partial charge is 0.0865 e. The second kappa shape index (κ2) is 5.85. The van der Waals surface area contributed by atoms with Crippen molar-refractivity contribution in [1.29, 1.82) is 0 Å². The Kier molecular flexibility index (Phi) is 4.75. The zero-order chi connectivity index (χ0) is 11.3. The van der Waals surface area contributed by atoms with Gasteiger partial charge in [-0.2, -0.15) is 0 Å². The Morgan fingerprint density at radius 3 is 2.27 bits per heavy atom. The van der Waals surface area contributed by atoms with Crippen LogP contribution in [0, 0.1) is 0 Å². The van der Waals surface area contributed by atoms with Crippen molar-refractivity contribution >= 4 is 0 Å². The molecule has 1 aromatic carbocycles. The minimum atomic E-state index is -0.870. The topological polar surface area (TPSA) is 60.7 Å². The molecule has 0 saturated heterocycles. The van der Waals surface area contributed by atoms with E-state index in [4.69, 9.17) is 5.11 Å². The molecule has 0 saturated carbocycles. The zero-order valence-electron chi connectivity index (χ0n) is 8.87. The Hall–Kier alpha value is -0.900. The lowest BCUT2D eigenvalue weighted by Gasteiger charge is -2.23. The van der Waals surface area contributed by atoms with Crippen LogP contribution in [0.5, 0.6) is 0 Å². The van der Waals surface area contributed by atoms with Crippen LogP contribution >= 0.6 is 0 Å². The lowest BCUT2D eigenvalue weighted by Crippen LogP contribution is -2.31. The highest BCUT2D eigenvalue weighted by Crippen LogP contribution is 2.21. The molecule has 84 valence electrons. The molecule has 0 radical (unpaired) electrons. The summed E-state index contributed by atoms with van der Waals surface area (Å²) in [5, 5.41) is 28.0. The van der Waals surface area contributed by atoms with Crippen LogP contribution in [0.25, 0.3) is 0 Å². The normalized spacial score (nSPS) is 17.1. The van der Waals surface area contributed by atoms with Crippen molar-refractivity contribution in [3.8, 4) is 0 Å². The largest absolute Gasteiger partial charge is 0.396 e. The quantitative estimate of drug-likeness (QED) is 0.676. The van der Waals surface area contributed by atoms with Crippen molar-refractivity contribution in [2.24, 2.45) is 0 Å². The average Bonchev–Trinajstić information content (AvgIpc) is 2.28. The van der Waals surface area contributed by atoms with Gasteiger partial charge in [-0.15, -0.1) is 0 Å². The van der Waals surface area contributed by atoms with Crippen LogP contribution in [0.3, 0.4) is 0 Å². The van der Waals surface area contributed by atoms with Gasteiger partial charge >= 0.3 is 0 Å². The summed E-state index contributed by atoms with van der Waals surface area (Å²) in [5.41, 5.74) is 0.988. The van der Waals surface area contributed by atoms with Gasteiger partial charge in [0, 0.05) is 12.5 Å². The fourth-order valence-corrected chi connectivity index (χ4v) is 1.59. The Morgan fingerprint density at radius 2 is 1.73 bits per heavy atom. The number of aliphatic hydroxyl groups is 3. The van der Waals surface area contributed by atoms with Crippen molar-refractivity contribution in [1.82, 2.24) is 0 Å². The van der Waals surface area contributed by atoms with Crippen molar-refractivity contribution in [2.75, 3.05) is 6.61 Å². The van der Waals surface area contributed by atoms with Crippen molar-refractivity contribution in [3.63, 3.8) is 0 Å². The van der Waals surface area contributed by atoms with Gasteiger partial charge in [0.2, 0.25) is 0 Å². The lowest BCUT2D eigenvalue weighted by atomic mass is 9.91. The van der Waals surface area contributed by atoms with E-state index in [1.807, 2.05) is 37.3 Å². The van der Waals surface area contributed by atoms with Crippen LogP contribution in [0.2, 0.25) is 0 Å². The van der Waals surface area contributed by atoms with E-state index < -0.39 is 12.2 Å². The minimum absolute atomic E-state index is 0.111. The molecule has 0 aliphatic heterocycles. The van der Waals surface area contributed by atoms with Gasteiger partial charge in [0.05, 0.1) is 12.2 Å². The standard InChI is InChI=1S/C12H18O3/c1-9(10-5-3-2-4-6-10)12(15)11(14)7-8-13/h2-6,9,11-15H,7-8H2,1H3/t9-,11-,12-/m1/s1. The highest BCUT2D eigenvalue weighted by atomic mass is 16.3. The van der Waals surface area contributed by atoms with E-state index in [0.29, 0.717) is 0 Å². The molecule has 3 nitrogen and oxygen atoms in total. The molecule has 1 rings (SSSR count). The molecule has 0 amide bonds. The van der Waals surface area contributed by atoms with Crippen LogP contribution in [0.1, 0.15) is 24.8 Å². The van der Waals surface area contributed by atoms with Crippen molar-refractivity contribution in [2.45, 2.75) is 31.5 Å². The van der Waals surface area contributed by atoms with E-state index in [1.54, 1.807) is 0 Å². The highest BCUT2D eigenvalue weighted by Gasteiger charge is 2.23. The highest BCUT2D eigenvalue weighted by molar-refractivity contribution is 5.20. The number of rotatable bonds is 5. The lowest BCUT2D eigenvalue weighted by molar-refractivity contribution is -0.00667. The summed E-state index contributed by atoms with van der Waals surface area (Å²) in [5.74, 6) is -0.132. The monoisotopic (exact) mass is 210 g/mol. The van der Waals surface area contributed by atoms with Crippen LogP contribution in [-0.2, 0) is 0 Å². The summed E-state index contributed by atoms with van der Waals surface area (Å²) < 4.78 is 0. The molecule has 0 bridgehead atoms. The molecular formula is C12H18O3. The maximum absolute atomic E-state index is 9.81. The molecule has 3 atom stereocenters. The SMILES string of the molecule is C[C@H](c1ccccc1)[C@@H](O)[C@H](O)CCO. The summed E-state index contributed by atoms with van der Waals surface area (Å²) in [6, 6.07) is 9.54. The van der Waals surface area contributed by atoms with E-state index >= 15 is 0 Å². The van der Waals surface area contributed by atoms with E-state index in [0.717, 1.165) is 5.56 Å². The van der Waals surface area contributed by atoms with Gasteiger partial charge in [0.1, 0.15) is 0 Å². The van der Waals surface area contributed by atoms with E-state index in [1.165, 1.54) is 0 Å². The maximum atomic E-state index is 9.81. The molecule has 0 fully saturated rings. The van der Waals surface area contributed by atoms with E-state index in [-0.39, 0.29) is 18.9 Å². The van der Waals surface area contributed by atoms with Crippen LogP contribution in [0.15, 0.2) is 30.3 Å². The van der Waals surface area contributed by atoms with Crippen molar-refractivity contribution in [3.05, 3.63) is 35.9 Å². The predicted molar refractivity (Wildman–Crippen MR) is 58.6 cm³/mol. The average molecular weight is 210 g/mol. The second-order valence-electron chi connectivity index (χ2n) is 3.77. The van der Waals surface area contributed by atoms with Gasteiger partial charge in [-0.25, -0.2) is 0 Å². The summed E-state index contributed by atoms with van der Waals surface area (Å²) in [4.78, 5) is 0. The fraction of sp³-hybridized carbons (Fsp3) is 0.500. The van der Waals surface area contributed by atoms with Crippen LogP contribution < -0.4 is 0 Å². The van der Waals surface area contributed by atoms with Crippen molar-refractivity contribution < 1.29 is 15.3 Å². The first-order chi connectivity index (χ1) is 7.16. The van der Waals surface area contributed by atoms with Crippen LogP contribution in [-0.4, -0.2) is 34.1 Å². The summed E-state index contributed by atoms with van der Waals surface area (Å²) in [6.45, 7) is 1.75. The van der Waals surface area contributed by atoms with Gasteiger partial charge < -0.3 is 15.3 Å². The molecule has 3 N–H and O–H groups in total. The first kappa shape index (κ1) is 12.2. The molecule has 15 heavy (non-hydrogen) atoms. The Labute approximate surface area is 90.0 Å². The summed E-state index contributed by atoms with van der Waals surface area (Å²) >= 11 is 0. The number of hydrogen-bond donors (Lipinski definition) is 3. The predicted octanol–water partition coefficient (Wildman–Crippen LogP) is 0.894. The van der Waals surface area contributed by atoms with Crippen LogP contribution in [0.4, 0.5) is 0 Å². The molecule has 0 spiro atoms. The van der Waals surface area contributed by atoms with Gasteiger partial charge in [-0.1, -0.05) is 37.3 Å². The third-order valence-corrected chi connectivity index (χ3v) is 2.66. The third-order valence-electron chi connectivity index (χ3n) is 2.66. The molecule has 0 aromatic heterocycles. The third kappa shape index (κ3) is 3.30. The molecular weight excluding hydrogens is 192 g/mol. The first-order valence-electron chi connectivity index (χ1n) is 5.18. The molecule has 0 aliphatic rings. The van der Waals surface area contributed by atoms with Gasteiger partial charge in [0.25, 0.3) is 0 Å². The Balaban J connectivity index is 2.64. The molecule has 0 heterocycles.